The second kappa shape index (κ2) is 5.99. The summed E-state index contributed by atoms with van der Waals surface area (Å²) in [4.78, 5) is 0. The van der Waals surface area contributed by atoms with Crippen LogP contribution in [0.25, 0.3) is 0 Å². The molecular formula is C16H16F3N. The second-order valence-corrected chi connectivity index (χ2v) is 4.81. The molecule has 0 saturated heterocycles. The first-order chi connectivity index (χ1) is 9.45. The number of alkyl halides is 3. The number of rotatable bonds is 4. The monoisotopic (exact) mass is 279 g/mol. The van der Waals surface area contributed by atoms with E-state index in [0.29, 0.717) is 5.69 Å². The Labute approximate surface area is 116 Å². The van der Waals surface area contributed by atoms with Gasteiger partial charge in [-0.25, -0.2) is 0 Å². The van der Waals surface area contributed by atoms with Crippen LogP contribution < -0.4 is 5.32 Å². The summed E-state index contributed by atoms with van der Waals surface area (Å²) >= 11 is 0. The number of nitrogens with one attached hydrogen (secondary N) is 1. The quantitative estimate of drug-likeness (QED) is 0.851. The number of benzene rings is 2. The third-order valence-electron chi connectivity index (χ3n) is 3.01. The van der Waals surface area contributed by atoms with Crippen LogP contribution in [0.2, 0.25) is 0 Å². The molecule has 0 spiro atoms. The SMILES string of the molecule is CC(Cc1ccccc1)Nc1ccc(C(F)(F)F)cc1. The molecule has 0 amide bonds. The summed E-state index contributed by atoms with van der Waals surface area (Å²) in [5.74, 6) is 0. The molecule has 2 aromatic carbocycles. The summed E-state index contributed by atoms with van der Waals surface area (Å²) in [5, 5.41) is 3.20. The van der Waals surface area contributed by atoms with Crippen LogP contribution in [0.4, 0.5) is 18.9 Å². The van der Waals surface area contributed by atoms with Gasteiger partial charge in [-0.2, -0.15) is 13.2 Å². The maximum Gasteiger partial charge on any atom is 0.416 e. The van der Waals surface area contributed by atoms with Crippen LogP contribution in [0.1, 0.15) is 18.1 Å². The van der Waals surface area contributed by atoms with E-state index in [4.69, 9.17) is 0 Å². The number of anilines is 1. The Morgan fingerprint density at radius 1 is 0.950 bits per heavy atom. The zero-order valence-electron chi connectivity index (χ0n) is 11.1. The average molecular weight is 279 g/mol. The Kier molecular flexibility index (Phi) is 4.32. The van der Waals surface area contributed by atoms with Gasteiger partial charge in [0.25, 0.3) is 0 Å². The largest absolute Gasteiger partial charge is 0.416 e. The molecule has 0 heterocycles. The van der Waals surface area contributed by atoms with E-state index >= 15 is 0 Å². The van der Waals surface area contributed by atoms with Crippen molar-refractivity contribution in [3.63, 3.8) is 0 Å². The van der Waals surface area contributed by atoms with Crippen LogP contribution in [0.15, 0.2) is 54.6 Å². The highest BCUT2D eigenvalue weighted by Gasteiger charge is 2.29. The van der Waals surface area contributed by atoms with Gasteiger partial charge in [-0.1, -0.05) is 30.3 Å². The average Bonchev–Trinajstić information content (AvgIpc) is 2.39. The fourth-order valence-corrected chi connectivity index (χ4v) is 2.06. The number of halogens is 3. The predicted octanol–water partition coefficient (Wildman–Crippen LogP) is 4.75. The molecule has 1 atom stereocenters. The van der Waals surface area contributed by atoms with Crippen LogP contribution in [-0.4, -0.2) is 6.04 Å². The van der Waals surface area contributed by atoms with E-state index in [2.05, 4.69) is 5.32 Å². The lowest BCUT2D eigenvalue weighted by molar-refractivity contribution is -0.137. The van der Waals surface area contributed by atoms with Gasteiger partial charge >= 0.3 is 6.18 Å². The summed E-state index contributed by atoms with van der Waals surface area (Å²) in [6, 6.07) is 15.2. The molecule has 4 heteroatoms. The maximum atomic E-state index is 12.4. The minimum atomic E-state index is -4.28. The smallest absolute Gasteiger partial charge is 0.382 e. The third kappa shape index (κ3) is 4.02. The van der Waals surface area contributed by atoms with E-state index in [1.807, 2.05) is 37.3 Å². The minimum absolute atomic E-state index is 0.147. The molecule has 0 bridgehead atoms. The topological polar surface area (TPSA) is 12.0 Å². The Morgan fingerprint density at radius 2 is 1.55 bits per heavy atom. The van der Waals surface area contributed by atoms with Gasteiger partial charge in [-0.15, -0.1) is 0 Å². The molecule has 0 aliphatic rings. The van der Waals surface area contributed by atoms with Crippen LogP contribution in [0.3, 0.4) is 0 Å². The fraction of sp³-hybridized carbons (Fsp3) is 0.250. The fourth-order valence-electron chi connectivity index (χ4n) is 2.06. The molecule has 0 aliphatic heterocycles. The van der Waals surface area contributed by atoms with E-state index < -0.39 is 11.7 Å². The van der Waals surface area contributed by atoms with Gasteiger partial charge in [-0.05, 0) is 43.2 Å². The Bertz CT molecular complexity index is 532. The molecule has 106 valence electrons. The summed E-state index contributed by atoms with van der Waals surface area (Å²) in [6.45, 7) is 2.00. The summed E-state index contributed by atoms with van der Waals surface area (Å²) in [6.07, 6.45) is -3.46. The summed E-state index contributed by atoms with van der Waals surface area (Å²) in [7, 11) is 0. The lowest BCUT2D eigenvalue weighted by atomic mass is 10.1. The van der Waals surface area contributed by atoms with Crippen molar-refractivity contribution >= 4 is 5.69 Å². The van der Waals surface area contributed by atoms with E-state index in [1.54, 1.807) is 0 Å². The lowest BCUT2D eigenvalue weighted by Gasteiger charge is -2.16. The third-order valence-corrected chi connectivity index (χ3v) is 3.01. The number of hydrogen-bond donors (Lipinski definition) is 1. The first-order valence-electron chi connectivity index (χ1n) is 6.43. The highest BCUT2D eigenvalue weighted by Crippen LogP contribution is 2.29. The molecule has 1 N–H and O–H groups in total. The standard InChI is InChI=1S/C16H16F3N/c1-12(11-13-5-3-2-4-6-13)20-15-9-7-14(8-10-15)16(17,18)19/h2-10,12,20H,11H2,1H3. The van der Waals surface area contributed by atoms with Crippen molar-refractivity contribution in [2.45, 2.75) is 25.6 Å². The normalized spacial score (nSPS) is 13.0. The maximum absolute atomic E-state index is 12.4. The van der Waals surface area contributed by atoms with Gasteiger partial charge in [0.1, 0.15) is 0 Å². The van der Waals surface area contributed by atoms with Crippen LogP contribution in [0, 0.1) is 0 Å². The van der Waals surface area contributed by atoms with Crippen LogP contribution >= 0.6 is 0 Å². The molecule has 1 unspecified atom stereocenters. The second-order valence-electron chi connectivity index (χ2n) is 4.81. The zero-order chi connectivity index (χ0) is 14.6. The van der Waals surface area contributed by atoms with E-state index in [9.17, 15) is 13.2 Å². The summed E-state index contributed by atoms with van der Waals surface area (Å²) in [5.41, 5.74) is 1.26. The molecule has 0 saturated carbocycles. The Balaban J connectivity index is 1.96. The predicted molar refractivity (Wildman–Crippen MR) is 74.7 cm³/mol. The Hall–Kier alpha value is -1.97. The first kappa shape index (κ1) is 14.4. The van der Waals surface area contributed by atoms with Crippen molar-refractivity contribution < 1.29 is 13.2 Å². The Morgan fingerprint density at radius 3 is 2.10 bits per heavy atom. The van der Waals surface area contributed by atoms with Crippen molar-refractivity contribution in [3.05, 3.63) is 65.7 Å². The van der Waals surface area contributed by atoms with Gasteiger partial charge in [0.2, 0.25) is 0 Å². The zero-order valence-corrected chi connectivity index (χ0v) is 11.1. The molecule has 20 heavy (non-hydrogen) atoms. The van der Waals surface area contributed by atoms with Crippen LogP contribution in [-0.2, 0) is 12.6 Å². The van der Waals surface area contributed by atoms with Crippen LogP contribution in [0.5, 0.6) is 0 Å². The molecule has 2 rings (SSSR count). The molecule has 1 nitrogen and oxygen atoms in total. The van der Waals surface area contributed by atoms with E-state index in [1.165, 1.54) is 17.7 Å². The molecule has 0 aliphatic carbocycles. The first-order valence-corrected chi connectivity index (χ1v) is 6.43. The van der Waals surface area contributed by atoms with Gasteiger partial charge in [0.15, 0.2) is 0 Å². The van der Waals surface area contributed by atoms with Gasteiger partial charge < -0.3 is 5.32 Å². The summed E-state index contributed by atoms with van der Waals surface area (Å²) < 4.78 is 37.3. The molecular weight excluding hydrogens is 263 g/mol. The lowest BCUT2D eigenvalue weighted by Crippen LogP contribution is -2.18. The number of hydrogen-bond acceptors (Lipinski definition) is 1. The molecule has 0 aromatic heterocycles. The van der Waals surface area contributed by atoms with Crippen molar-refractivity contribution in [2.75, 3.05) is 5.32 Å². The van der Waals surface area contributed by atoms with Gasteiger partial charge in [0, 0.05) is 11.7 Å². The molecule has 2 aromatic rings. The van der Waals surface area contributed by atoms with Gasteiger partial charge in [0.05, 0.1) is 5.56 Å². The molecule has 0 fully saturated rings. The highest BCUT2D eigenvalue weighted by atomic mass is 19.4. The van der Waals surface area contributed by atoms with Crippen molar-refractivity contribution in [3.8, 4) is 0 Å². The van der Waals surface area contributed by atoms with Gasteiger partial charge in [-0.3, -0.25) is 0 Å². The molecule has 0 radical (unpaired) electrons. The van der Waals surface area contributed by atoms with Crippen molar-refractivity contribution in [1.29, 1.82) is 0 Å². The minimum Gasteiger partial charge on any atom is -0.382 e. The van der Waals surface area contributed by atoms with E-state index in [0.717, 1.165) is 18.6 Å². The van der Waals surface area contributed by atoms with Crippen molar-refractivity contribution in [1.82, 2.24) is 0 Å². The van der Waals surface area contributed by atoms with Crippen molar-refractivity contribution in [2.24, 2.45) is 0 Å². The highest BCUT2D eigenvalue weighted by molar-refractivity contribution is 5.46. The van der Waals surface area contributed by atoms with E-state index in [-0.39, 0.29) is 6.04 Å².